The molecule has 1 aliphatic heterocycles. The van der Waals surface area contributed by atoms with Crippen molar-refractivity contribution in [2.45, 2.75) is 19.8 Å². The number of benzene rings is 1. The Morgan fingerprint density at radius 2 is 1.85 bits per heavy atom. The van der Waals surface area contributed by atoms with E-state index in [4.69, 9.17) is 4.42 Å². The molecule has 0 aliphatic carbocycles. The van der Waals surface area contributed by atoms with E-state index >= 15 is 0 Å². The number of furan rings is 1. The zero-order chi connectivity index (χ0) is 18.4. The minimum absolute atomic E-state index is 0.0952. The quantitative estimate of drug-likeness (QED) is 0.801. The molecule has 2 heterocycles. The van der Waals surface area contributed by atoms with Crippen molar-refractivity contribution in [1.82, 2.24) is 10.2 Å². The molecule has 0 radical (unpaired) electrons. The van der Waals surface area contributed by atoms with Gasteiger partial charge in [-0.15, -0.1) is 0 Å². The Labute approximate surface area is 153 Å². The minimum Gasteiger partial charge on any atom is -0.459 e. The molecule has 1 aliphatic rings. The summed E-state index contributed by atoms with van der Waals surface area (Å²) < 4.78 is 5.05. The molecule has 1 fully saturated rings. The van der Waals surface area contributed by atoms with Crippen LogP contribution in [0.15, 0.2) is 47.1 Å². The molecule has 0 bridgehead atoms. The van der Waals surface area contributed by atoms with Crippen molar-refractivity contribution in [3.8, 4) is 0 Å². The molecule has 0 saturated carbocycles. The third kappa shape index (κ3) is 4.95. The topological polar surface area (TPSA) is 74.6 Å². The molecule has 6 nitrogen and oxygen atoms in total. The summed E-state index contributed by atoms with van der Waals surface area (Å²) in [4.78, 5) is 26.7. The van der Waals surface area contributed by atoms with Crippen LogP contribution in [0.3, 0.4) is 0 Å². The van der Waals surface area contributed by atoms with Gasteiger partial charge >= 0.3 is 0 Å². The van der Waals surface area contributed by atoms with Gasteiger partial charge in [0.2, 0.25) is 0 Å². The smallest absolute Gasteiger partial charge is 0.291 e. The monoisotopic (exact) mass is 355 g/mol. The van der Waals surface area contributed by atoms with Gasteiger partial charge in [0.05, 0.1) is 6.26 Å². The lowest BCUT2D eigenvalue weighted by molar-refractivity contribution is 0.0944. The maximum absolute atomic E-state index is 12.3. The highest BCUT2D eigenvalue weighted by Gasteiger charge is 2.15. The second-order valence-corrected chi connectivity index (χ2v) is 6.83. The first kappa shape index (κ1) is 18.2. The average Bonchev–Trinajstić information content (AvgIpc) is 3.34. The van der Waals surface area contributed by atoms with Crippen LogP contribution < -0.4 is 10.6 Å². The summed E-state index contributed by atoms with van der Waals surface area (Å²) in [6.45, 7) is 6.18. The molecule has 2 N–H and O–H groups in total. The van der Waals surface area contributed by atoms with E-state index in [1.807, 2.05) is 0 Å². The third-order valence-electron chi connectivity index (χ3n) is 4.53. The van der Waals surface area contributed by atoms with E-state index in [9.17, 15) is 9.59 Å². The Balaban J connectivity index is 1.46. The Kier molecular flexibility index (Phi) is 6.07. The zero-order valence-corrected chi connectivity index (χ0v) is 15.0. The van der Waals surface area contributed by atoms with E-state index in [0.717, 1.165) is 6.54 Å². The van der Waals surface area contributed by atoms with E-state index < -0.39 is 0 Å². The molecular formula is C20H25N3O3. The van der Waals surface area contributed by atoms with Gasteiger partial charge in [-0.25, -0.2) is 0 Å². The number of carbonyl (C=O) groups is 2. The largest absolute Gasteiger partial charge is 0.459 e. The van der Waals surface area contributed by atoms with E-state index in [1.165, 1.54) is 32.2 Å². The van der Waals surface area contributed by atoms with Crippen molar-refractivity contribution >= 4 is 17.5 Å². The normalized spacial score (nSPS) is 15.6. The molecule has 2 aromatic rings. The number of amides is 2. The fraction of sp³-hybridized carbons (Fsp3) is 0.400. The van der Waals surface area contributed by atoms with Crippen LogP contribution in [0.5, 0.6) is 0 Å². The Morgan fingerprint density at radius 1 is 1.12 bits per heavy atom. The number of hydrogen-bond donors (Lipinski definition) is 2. The summed E-state index contributed by atoms with van der Waals surface area (Å²) in [5.74, 6) is 0.257. The van der Waals surface area contributed by atoms with E-state index in [0.29, 0.717) is 23.7 Å². The average molecular weight is 355 g/mol. The second kappa shape index (κ2) is 8.67. The highest BCUT2D eigenvalue weighted by molar-refractivity contribution is 6.02. The predicted octanol–water partition coefficient (Wildman–Crippen LogP) is 2.99. The molecule has 1 saturated heterocycles. The minimum atomic E-state index is -0.317. The predicted molar refractivity (Wildman–Crippen MR) is 100 cm³/mol. The number of nitrogens with one attached hydrogen (secondary N) is 2. The van der Waals surface area contributed by atoms with E-state index in [2.05, 4.69) is 22.5 Å². The SMILES string of the molecule is CC(CNC(=O)c1ccc(NC(=O)c2ccco2)cc1)CN1CCCC1. The van der Waals surface area contributed by atoms with Gasteiger partial charge in [-0.05, 0) is 68.2 Å². The molecular weight excluding hydrogens is 330 g/mol. The van der Waals surface area contributed by atoms with Crippen LogP contribution in [-0.4, -0.2) is 42.9 Å². The van der Waals surface area contributed by atoms with Crippen molar-refractivity contribution in [3.05, 3.63) is 54.0 Å². The van der Waals surface area contributed by atoms with E-state index in [1.54, 1.807) is 36.4 Å². The van der Waals surface area contributed by atoms with Crippen LogP contribution in [0.25, 0.3) is 0 Å². The van der Waals surface area contributed by atoms with E-state index in [-0.39, 0.29) is 17.6 Å². The summed E-state index contributed by atoms with van der Waals surface area (Å²) >= 11 is 0. The molecule has 1 unspecified atom stereocenters. The zero-order valence-electron chi connectivity index (χ0n) is 15.0. The Bertz CT molecular complexity index is 719. The van der Waals surface area contributed by atoms with Crippen LogP contribution in [0, 0.1) is 5.92 Å². The van der Waals surface area contributed by atoms with Crippen LogP contribution in [0.2, 0.25) is 0 Å². The van der Waals surface area contributed by atoms with Crippen molar-refractivity contribution in [3.63, 3.8) is 0 Å². The van der Waals surface area contributed by atoms with Gasteiger partial charge in [0, 0.05) is 24.3 Å². The molecule has 1 atom stereocenters. The first-order valence-corrected chi connectivity index (χ1v) is 9.07. The number of nitrogens with zero attached hydrogens (tertiary/aromatic N) is 1. The Hall–Kier alpha value is -2.60. The Morgan fingerprint density at radius 3 is 2.50 bits per heavy atom. The first-order chi connectivity index (χ1) is 12.6. The number of likely N-dealkylation sites (tertiary alicyclic amines) is 1. The molecule has 138 valence electrons. The number of carbonyl (C=O) groups excluding carboxylic acids is 2. The van der Waals surface area contributed by atoms with Crippen molar-refractivity contribution in [1.29, 1.82) is 0 Å². The van der Waals surface area contributed by atoms with Gasteiger partial charge in [0.1, 0.15) is 0 Å². The highest BCUT2D eigenvalue weighted by Crippen LogP contribution is 2.13. The van der Waals surface area contributed by atoms with Crippen LogP contribution in [0.4, 0.5) is 5.69 Å². The lowest BCUT2D eigenvalue weighted by Gasteiger charge is -2.20. The van der Waals surface area contributed by atoms with Gasteiger partial charge in [0.15, 0.2) is 5.76 Å². The summed E-state index contributed by atoms with van der Waals surface area (Å²) in [5, 5.41) is 5.72. The van der Waals surface area contributed by atoms with Gasteiger partial charge in [-0.3, -0.25) is 9.59 Å². The van der Waals surface area contributed by atoms with Crippen molar-refractivity contribution in [2.24, 2.45) is 5.92 Å². The molecule has 1 aromatic heterocycles. The maximum Gasteiger partial charge on any atom is 0.291 e. The second-order valence-electron chi connectivity index (χ2n) is 6.83. The summed E-state index contributed by atoms with van der Waals surface area (Å²) in [7, 11) is 0. The summed E-state index contributed by atoms with van der Waals surface area (Å²) in [6, 6.07) is 10.1. The maximum atomic E-state index is 12.3. The fourth-order valence-corrected chi connectivity index (χ4v) is 3.14. The van der Waals surface area contributed by atoms with Crippen LogP contribution in [-0.2, 0) is 0 Å². The van der Waals surface area contributed by atoms with Crippen LogP contribution in [0.1, 0.15) is 40.7 Å². The molecule has 3 rings (SSSR count). The molecule has 0 spiro atoms. The standard InChI is InChI=1S/C20H25N3O3/c1-15(14-23-10-2-3-11-23)13-21-19(24)16-6-8-17(9-7-16)22-20(25)18-5-4-12-26-18/h4-9,12,15H,2-3,10-11,13-14H2,1H3,(H,21,24)(H,22,25). The third-order valence-corrected chi connectivity index (χ3v) is 4.53. The molecule has 2 amide bonds. The van der Waals surface area contributed by atoms with Crippen molar-refractivity contribution < 1.29 is 14.0 Å². The van der Waals surface area contributed by atoms with Gasteiger partial charge in [-0.2, -0.15) is 0 Å². The fourth-order valence-electron chi connectivity index (χ4n) is 3.14. The summed E-state index contributed by atoms with van der Waals surface area (Å²) in [5.41, 5.74) is 1.19. The number of rotatable bonds is 7. The lowest BCUT2D eigenvalue weighted by atomic mass is 10.1. The first-order valence-electron chi connectivity index (χ1n) is 9.07. The number of hydrogen-bond acceptors (Lipinski definition) is 4. The van der Waals surface area contributed by atoms with Gasteiger partial charge in [0.25, 0.3) is 11.8 Å². The molecule has 6 heteroatoms. The molecule has 1 aromatic carbocycles. The lowest BCUT2D eigenvalue weighted by Crippen LogP contribution is -2.34. The highest BCUT2D eigenvalue weighted by atomic mass is 16.3. The summed E-state index contributed by atoms with van der Waals surface area (Å²) in [6.07, 6.45) is 4.01. The van der Waals surface area contributed by atoms with Gasteiger partial charge < -0.3 is 20.0 Å². The van der Waals surface area contributed by atoms with Crippen LogP contribution >= 0.6 is 0 Å². The van der Waals surface area contributed by atoms with Gasteiger partial charge in [-0.1, -0.05) is 6.92 Å². The van der Waals surface area contributed by atoms with Crippen molar-refractivity contribution in [2.75, 3.05) is 31.5 Å². The molecule has 26 heavy (non-hydrogen) atoms. The number of anilines is 1.